The summed E-state index contributed by atoms with van der Waals surface area (Å²) in [4.78, 5) is 11.2. The normalized spacial score (nSPS) is 12.5. The summed E-state index contributed by atoms with van der Waals surface area (Å²) in [5, 5.41) is 8.41. The second-order valence-corrected chi connectivity index (χ2v) is 8.86. The summed E-state index contributed by atoms with van der Waals surface area (Å²) in [5.41, 5.74) is 1.79. The molecular weight excluding hydrogens is 500 g/mol. The molecule has 1 amide bonds. The fraction of sp³-hybridized carbons (Fsp3) is 0.333. The molecule has 0 fully saturated rings. The van der Waals surface area contributed by atoms with Crippen LogP contribution >= 0.6 is 78.9 Å². The molecule has 0 heterocycles. The van der Waals surface area contributed by atoms with Crippen molar-refractivity contribution in [3.8, 4) is 0 Å². The Morgan fingerprint density at radius 2 is 1.73 bits per heavy atom. The molecule has 0 saturated heterocycles. The van der Waals surface area contributed by atoms with Crippen molar-refractivity contribution < 1.29 is 4.79 Å². The molecule has 0 aliphatic heterocycles. The summed E-state index contributed by atoms with van der Waals surface area (Å²) < 4.78 is -0.138. The number of carbonyl (C=O) groups is 1. The van der Waals surface area contributed by atoms with Gasteiger partial charge in [-0.3, -0.25) is 4.79 Å². The first-order valence-electron chi connectivity index (χ1n) is 5.87. The van der Waals surface area contributed by atoms with Crippen LogP contribution in [0.25, 0.3) is 0 Å². The lowest BCUT2D eigenvalue weighted by molar-refractivity contribution is -0.119. The minimum atomic E-state index is -1.76. The van der Waals surface area contributed by atoms with Crippen molar-refractivity contribution in [2.45, 2.75) is 23.8 Å². The number of aryl methyl sites for hydroxylation is 1. The molecule has 22 heavy (non-hydrogen) atoms. The van der Waals surface area contributed by atoms with Gasteiger partial charge in [-0.25, -0.2) is 0 Å². The third kappa shape index (κ3) is 6.37. The van der Waals surface area contributed by atoms with E-state index >= 15 is 0 Å². The summed E-state index contributed by atoms with van der Waals surface area (Å²) in [6.45, 7) is 3.28. The maximum atomic E-state index is 11.2. The Hall–Kier alpha value is 0.210. The Balaban J connectivity index is 2.87. The molecule has 0 spiro atoms. The van der Waals surface area contributed by atoms with Crippen LogP contribution in [0, 0.1) is 6.92 Å². The highest BCUT2D eigenvalue weighted by atomic mass is 79.9. The molecule has 0 aromatic heterocycles. The number of hydrogen-bond acceptors (Lipinski definition) is 2. The fourth-order valence-electron chi connectivity index (χ4n) is 1.50. The number of alkyl halides is 3. The molecule has 1 aromatic carbocycles. The van der Waals surface area contributed by atoms with E-state index in [1.807, 2.05) is 19.1 Å². The van der Waals surface area contributed by atoms with Crippen molar-refractivity contribution in [1.29, 1.82) is 0 Å². The number of amides is 1. The zero-order chi connectivity index (χ0) is 17.1. The number of nitrogens with one attached hydrogen (secondary N) is 3. The third-order valence-electron chi connectivity index (χ3n) is 2.38. The number of thiocarbonyl (C=S) groups is 1. The highest BCUT2D eigenvalue weighted by Crippen LogP contribution is 2.33. The first-order chi connectivity index (χ1) is 10.0. The van der Waals surface area contributed by atoms with Crippen LogP contribution in [0.4, 0.5) is 5.69 Å². The lowest BCUT2D eigenvalue weighted by atomic mass is 10.2. The zero-order valence-corrected chi connectivity index (χ0v) is 17.7. The summed E-state index contributed by atoms with van der Waals surface area (Å²) in [7, 11) is 0. The van der Waals surface area contributed by atoms with Crippen LogP contribution in [0.1, 0.15) is 12.5 Å². The molecule has 122 valence electrons. The van der Waals surface area contributed by atoms with Gasteiger partial charge in [0.15, 0.2) is 5.11 Å². The van der Waals surface area contributed by atoms with E-state index < -0.39 is 9.96 Å². The largest absolute Gasteiger partial charge is 0.339 e. The Morgan fingerprint density at radius 1 is 1.23 bits per heavy atom. The molecule has 0 aliphatic carbocycles. The molecular formula is C12H12Br2Cl3N3OS. The Labute approximate surface area is 165 Å². The van der Waals surface area contributed by atoms with Gasteiger partial charge in [0.05, 0.1) is 5.69 Å². The average Bonchev–Trinajstić information content (AvgIpc) is 2.31. The van der Waals surface area contributed by atoms with E-state index in [0.717, 1.165) is 14.5 Å². The van der Waals surface area contributed by atoms with E-state index in [9.17, 15) is 4.79 Å². The van der Waals surface area contributed by atoms with Gasteiger partial charge in [-0.15, -0.1) is 0 Å². The van der Waals surface area contributed by atoms with E-state index in [2.05, 4.69) is 47.8 Å². The molecule has 0 bridgehead atoms. The molecule has 1 atom stereocenters. The summed E-state index contributed by atoms with van der Waals surface area (Å²) in [6.07, 6.45) is -0.974. The van der Waals surface area contributed by atoms with Crippen LogP contribution in [-0.4, -0.2) is 21.0 Å². The van der Waals surface area contributed by atoms with Crippen LogP contribution in [0.5, 0.6) is 0 Å². The summed E-state index contributed by atoms with van der Waals surface area (Å²) in [5.74, 6) is -0.357. The quantitative estimate of drug-likeness (QED) is 0.314. The molecule has 1 rings (SSSR count). The molecule has 0 unspecified atom stereocenters. The maximum absolute atomic E-state index is 11.2. The van der Waals surface area contributed by atoms with Crippen molar-refractivity contribution in [2.75, 3.05) is 5.32 Å². The Bertz CT molecular complexity index is 572. The van der Waals surface area contributed by atoms with E-state index in [0.29, 0.717) is 5.69 Å². The predicted octanol–water partition coefficient (Wildman–Crippen LogP) is 4.64. The van der Waals surface area contributed by atoms with Gasteiger partial charge in [-0.1, -0.05) is 34.8 Å². The van der Waals surface area contributed by atoms with E-state index in [4.69, 9.17) is 47.0 Å². The highest BCUT2D eigenvalue weighted by molar-refractivity contribution is 9.11. The molecule has 3 N–H and O–H groups in total. The average molecular weight is 512 g/mol. The highest BCUT2D eigenvalue weighted by Gasteiger charge is 2.34. The number of halogens is 5. The number of anilines is 1. The summed E-state index contributed by atoms with van der Waals surface area (Å²) >= 11 is 29.5. The monoisotopic (exact) mass is 509 g/mol. The van der Waals surface area contributed by atoms with Crippen molar-refractivity contribution in [2.24, 2.45) is 0 Å². The minimum Gasteiger partial charge on any atom is -0.339 e. The van der Waals surface area contributed by atoms with Gasteiger partial charge in [0.1, 0.15) is 6.17 Å². The Kier molecular flexibility index (Phi) is 7.69. The van der Waals surface area contributed by atoms with Gasteiger partial charge in [0.2, 0.25) is 9.70 Å². The second kappa shape index (κ2) is 8.35. The Morgan fingerprint density at radius 3 is 2.14 bits per heavy atom. The van der Waals surface area contributed by atoms with Crippen LogP contribution < -0.4 is 16.0 Å². The summed E-state index contributed by atoms with van der Waals surface area (Å²) in [6, 6.07) is 3.85. The third-order valence-corrected chi connectivity index (χ3v) is 4.50. The molecule has 0 saturated carbocycles. The van der Waals surface area contributed by atoms with Gasteiger partial charge >= 0.3 is 0 Å². The van der Waals surface area contributed by atoms with Gasteiger partial charge in [-0.05, 0) is 68.7 Å². The van der Waals surface area contributed by atoms with Crippen molar-refractivity contribution in [3.63, 3.8) is 0 Å². The van der Waals surface area contributed by atoms with Gasteiger partial charge in [0.25, 0.3) is 0 Å². The van der Waals surface area contributed by atoms with Crippen molar-refractivity contribution >= 4 is 95.6 Å². The first kappa shape index (κ1) is 20.3. The lowest BCUT2D eigenvalue weighted by Crippen LogP contribution is -2.55. The first-order valence-corrected chi connectivity index (χ1v) is 9.00. The van der Waals surface area contributed by atoms with Crippen LogP contribution in [0.15, 0.2) is 21.1 Å². The number of hydrogen-bond donors (Lipinski definition) is 3. The fourth-order valence-corrected chi connectivity index (χ4v) is 3.66. The van der Waals surface area contributed by atoms with E-state index in [-0.39, 0.29) is 11.0 Å². The van der Waals surface area contributed by atoms with E-state index in [1.165, 1.54) is 6.92 Å². The van der Waals surface area contributed by atoms with Crippen LogP contribution in [0.3, 0.4) is 0 Å². The number of benzene rings is 1. The number of rotatable bonds is 3. The molecule has 0 radical (unpaired) electrons. The molecule has 0 aliphatic rings. The molecule has 4 nitrogen and oxygen atoms in total. The SMILES string of the molecule is CC(=O)N[C@H](NC(=S)Nc1c(Br)cc(C)cc1Br)C(Cl)(Cl)Cl. The van der Waals surface area contributed by atoms with Gasteiger partial charge in [-0.2, -0.15) is 0 Å². The number of carbonyl (C=O) groups excluding carboxylic acids is 1. The molecule has 10 heteroatoms. The van der Waals surface area contributed by atoms with Gasteiger partial charge < -0.3 is 16.0 Å². The van der Waals surface area contributed by atoms with Crippen molar-refractivity contribution in [3.05, 3.63) is 26.6 Å². The smallest absolute Gasteiger partial charge is 0.228 e. The second-order valence-electron chi connectivity index (χ2n) is 4.38. The minimum absolute atomic E-state index is 0.190. The van der Waals surface area contributed by atoms with Crippen LogP contribution in [-0.2, 0) is 4.79 Å². The predicted molar refractivity (Wildman–Crippen MR) is 104 cm³/mol. The zero-order valence-electron chi connectivity index (χ0n) is 11.4. The maximum Gasteiger partial charge on any atom is 0.228 e. The van der Waals surface area contributed by atoms with Crippen LogP contribution in [0.2, 0.25) is 0 Å². The molecule has 1 aromatic rings. The standard InChI is InChI=1S/C12H12Br2Cl3N3OS/c1-5-3-7(13)9(8(14)4-5)19-11(22)20-10(12(15,16)17)18-6(2)21/h3-4,10H,1-2H3,(H,18,21)(H2,19,20,22)/t10-/m1/s1. The topological polar surface area (TPSA) is 53.2 Å². The van der Waals surface area contributed by atoms with Gasteiger partial charge in [0, 0.05) is 15.9 Å². The van der Waals surface area contributed by atoms with Crippen molar-refractivity contribution in [1.82, 2.24) is 10.6 Å². The lowest BCUT2D eigenvalue weighted by Gasteiger charge is -2.27. The van der Waals surface area contributed by atoms with E-state index in [1.54, 1.807) is 0 Å².